The van der Waals surface area contributed by atoms with E-state index in [2.05, 4.69) is 18.7 Å². The summed E-state index contributed by atoms with van der Waals surface area (Å²) >= 11 is 0. The highest BCUT2D eigenvalue weighted by molar-refractivity contribution is 4.89. The third-order valence-electron chi connectivity index (χ3n) is 4.68. The molecule has 0 saturated carbocycles. The second kappa shape index (κ2) is 6.75. The highest BCUT2D eigenvalue weighted by atomic mass is 16.5. The van der Waals surface area contributed by atoms with Crippen molar-refractivity contribution in [3.63, 3.8) is 0 Å². The van der Waals surface area contributed by atoms with Crippen LogP contribution in [0.1, 0.15) is 52.4 Å². The van der Waals surface area contributed by atoms with Crippen molar-refractivity contribution in [1.82, 2.24) is 4.90 Å². The highest BCUT2D eigenvalue weighted by Gasteiger charge is 2.36. The second-order valence-corrected chi connectivity index (χ2v) is 6.06. The van der Waals surface area contributed by atoms with Crippen LogP contribution < -0.4 is 0 Å². The van der Waals surface area contributed by atoms with Gasteiger partial charge in [0.2, 0.25) is 0 Å². The fourth-order valence-electron chi connectivity index (χ4n) is 3.15. The Bertz CT molecular complexity index is 207. The van der Waals surface area contributed by atoms with Gasteiger partial charge >= 0.3 is 0 Å². The molecule has 0 aliphatic carbocycles. The Labute approximate surface area is 107 Å². The van der Waals surface area contributed by atoms with Crippen LogP contribution in [0.4, 0.5) is 0 Å². The third kappa shape index (κ3) is 3.69. The van der Waals surface area contributed by atoms with Crippen LogP contribution in [0.2, 0.25) is 0 Å². The first-order valence-electron chi connectivity index (χ1n) is 7.63. The molecule has 17 heavy (non-hydrogen) atoms. The van der Waals surface area contributed by atoms with E-state index < -0.39 is 0 Å². The molecule has 0 spiro atoms. The molecule has 0 bridgehead atoms. The molecule has 0 amide bonds. The van der Waals surface area contributed by atoms with Gasteiger partial charge in [0.15, 0.2) is 0 Å². The second-order valence-electron chi connectivity index (χ2n) is 6.06. The standard InChI is InChI=1S/C15H29NO/c1-3-4-5-6-7-13(2)14-10-16(11-14)15-8-9-17-12-15/h13-15H,3-12H2,1-2H3. The Balaban J connectivity index is 1.55. The van der Waals surface area contributed by atoms with Gasteiger partial charge in [0.05, 0.1) is 6.61 Å². The zero-order valence-electron chi connectivity index (χ0n) is 11.7. The molecule has 2 nitrogen and oxygen atoms in total. The molecule has 2 aliphatic heterocycles. The average Bonchev–Trinajstić information content (AvgIpc) is 2.76. The predicted octanol–water partition coefficient (Wildman–Crippen LogP) is 3.31. The van der Waals surface area contributed by atoms with Gasteiger partial charge in [-0.2, -0.15) is 0 Å². The topological polar surface area (TPSA) is 12.5 Å². The molecule has 0 aromatic carbocycles. The van der Waals surface area contributed by atoms with Crippen molar-refractivity contribution in [2.45, 2.75) is 58.4 Å². The van der Waals surface area contributed by atoms with E-state index in [-0.39, 0.29) is 0 Å². The summed E-state index contributed by atoms with van der Waals surface area (Å²) in [6.45, 7) is 9.39. The number of rotatable bonds is 7. The van der Waals surface area contributed by atoms with E-state index in [1.165, 1.54) is 51.6 Å². The van der Waals surface area contributed by atoms with Crippen LogP contribution in [0.25, 0.3) is 0 Å². The van der Waals surface area contributed by atoms with Crippen molar-refractivity contribution in [2.75, 3.05) is 26.3 Å². The first-order valence-corrected chi connectivity index (χ1v) is 7.63. The third-order valence-corrected chi connectivity index (χ3v) is 4.68. The van der Waals surface area contributed by atoms with Gasteiger partial charge in [0, 0.05) is 25.7 Å². The van der Waals surface area contributed by atoms with Gasteiger partial charge in [-0.1, -0.05) is 46.0 Å². The Morgan fingerprint density at radius 3 is 2.71 bits per heavy atom. The Kier molecular flexibility index (Phi) is 5.30. The van der Waals surface area contributed by atoms with Crippen LogP contribution in [0.15, 0.2) is 0 Å². The molecule has 2 fully saturated rings. The first-order chi connectivity index (χ1) is 8.31. The smallest absolute Gasteiger partial charge is 0.0622 e. The maximum absolute atomic E-state index is 5.46. The molecule has 2 saturated heterocycles. The lowest BCUT2D eigenvalue weighted by Gasteiger charge is -2.45. The van der Waals surface area contributed by atoms with Gasteiger partial charge in [-0.05, 0) is 18.3 Å². The number of hydrogen-bond acceptors (Lipinski definition) is 2. The number of nitrogens with zero attached hydrogens (tertiary/aromatic N) is 1. The van der Waals surface area contributed by atoms with Gasteiger partial charge < -0.3 is 4.74 Å². The van der Waals surface area contributed by atoms with E-state index in [1.807, 2.05) is 0 Å². The summed E-state index contributed by atoms with van der Waals surface area (Å²) in [6, 6.07) is 0.749. The largest absolute Gasteiger partial charge is 0.380 e. The maximum atomic E-state index is 5.46. The van der Waals surface area contributed by atoms with Crippen LogP contribution >= 0.6 is 0 Å². The Morgan fingerprint density at radius 1 is 1.24 bits per heavy atom. The molecule has 0 aromatic rings. The molecular formula is C15H29NO. The van der Waals surface area contributed by atoms with Gasteiger partial charge in [0.1, 0.15) is 0 Å². The van der Waals surface area contributed by atoms with E-state index in [0.717, 1.165) is 31.1 Å². The van der Waals surface area contributed by atoms with Crippen LogP contribution in [0.3, 0.4) is 0 Å². The van der Waals surface area contributed by atoms with Crippen LogP contribution in [-0.2, 0) is 4.74 Å². The summed E-state index contributed by atoms with van der Waals surface area (Å²) < 4.78 is 5.46. The van der Waals surface area contributed by atoms with E-state index in [9.17, 15) is 0 Å². The number of ether oxygens (including phenoxy) is 1. The predicted molar refractivity (Wildman–Crippen MR) is 72.2 cm³/mol. The SMILES string of the molecule is CCCCCCC(C)C1CN(C2CCOC2)C1. The monoisotopic (exact) mass is 239 g/mol. The quantitative estimate of drug-likeness (QED) is 0.632. The maximum Gasteiger partial charge on any atom is 0.0622 e. The van der Waals surface area contributed by atoms with Gasteiger partial charge in [-0.25, -0.2) is 0 Å². The Morgan fingerprint density at radius 2 is 2.06 bits per heavy atom. The van der Waals surface area contributed by atoms with Gasteiger partial charge in [-0.3, -0.25) is 4.90 Å². The number of hydrogen-bond donors (Lipinski definition) is 0. The van der Waals surface area contributed by atoms with Crippen LogP contribution in [0, 0.1) is 11.8 Å². The fourth-order valence-corrected chi connectivity index (χ4v) is 3.15. The lowest BCUT2D eigenvalue weighted by atomic mass is 9.82. The normalized spacial score (nSPS) is 28.2. The van der Waals surface area contributed by atoms with Crippen molar-refractivity contribution in [3.8, 4) is 0 Å². The van der Waals surface area contributed by atoms with Crippen molar-refractivity contribution in [2.24, 2.45) is 11.8 Å². The minimum atomic E-state index is 0.749. The summed E-state index contributed by atoms with van der Waals surface area (Å²) in [5, 5.41) is 0. The van der Waals surface area contributed by atoms with Gasteiger partial charge in [-0.15, -0.1) is 0 Å². The molecule has 0 radical (unpaired) electrons. The number of likely N-dealkylation sites (tertiary alicyclic amines) is 1. The molecule has 0 aromatic heterocycles. The molecule has 2 heterocycles. The zero-order valence-corrected chi connectivity index (χ0v) is 11.7. The van der Waals surface area contributed by atoms with Gasteiger partial charge in [0.25, 0.3) is 0 Å². The lowest BCUT2D eigenvalue weighted by molar-refractivity contribution is 0.0164. The average molecular weight is 239 g/mol. The molecule has 2 heteroatoms. The van der Waals surface area contributed by atoms with E-state index in [0.29, 0.717) is 0 Å². The van der Waals surface area contributed by atoms with Crippen LogP contribution in [-0.4, -0.2) is 37.2 Å². The van der Waals surface area contributed by atoms with Crippen molar-refractivity contribution in [3.05, 3.63) is 0 Å². The summed E-state index contributed by atoms with van der Waals surface area (Å²) in [4.78, 5) is 2.64. The summed E-state index contributed by atoms with van der Waals surface area (Å²) in [6.07, 6.45) is 8.36. The minimum Gasteiger partial charge on any atom is -0.380 e. The Hall–Kier alpha value is -0.0800. The minimum absolute atomic E-state index is 0.749. The summed E-state index contributed by atoms with van der Waals surface area (Å²) in [7, 11) is 0. The molecule has 2 rings (SSSR count). The van der Waals surface area contributed by atoms with Crippen molar-refractivity contribution < 1.29 is 4.74 Å². The molecular weight excluding hydrogens is 210 g/mol. The van der Waals surface area contributed by atoms with E-state index in [4.69, 9.17) is 4.74 Å². The van der Waals surface area contributed by atoms with E-state index in [1.54, 1.807) is 0 Å². The zero-order chi connectivity index (χ0) is 12.1. The van der Waals surface area contributed by atoms with Crippen molar-refractivity contribution >= 4 is 0 Å². The van der Waals surface area contributed by atoms with Crippen molar-refractivity contribution in [1.29, 1.82) is 0 Å². The molecule has 2 unspecified atom stereocenters. The van der Waals surface area contributed by atoms with E-state index >= 15 is 0 Å². The highest BCUT2D eigenvalue weighted by Crippen LogP contribution is 2.30. The summed E-state index contributed by atoms with van der Waals surface area (Å²) in [5.74, 6) is 1.91. The molecule has 2 atom stereocenters. The number of unbranched alkanes of at least 4 members (excludes halogenated alkanes) is 3. The van der Waals surface area contributed by atoms with Crippen LogP contribution in [0.5, 0.6) is 0 Å². The fraction of sp³-hybridized carbons (Fsp3) is 1.00. The molecule has 0 N–H and O–H groups in total. The molecule has 2 aliphatic rings. The first kappa shape index (κ1) is 13.4. The molecule has 100 valence electrons. The summed E-state index contributed by atoms with van der Waals surface area (Å²) in [5.41, 5.74) is 0. The lowest BCUT2D eigenvalue weighted by Crippen LogP contribution is -2.54.